The number of aromatic nitrogens is 2. The van der Waals surface area contributed by atoms with Gasteiger partial charge in [-0.15, -0.1) is 0 Å². The molecule has 36 heavy (non-hydrogen) atoms. The Kier molecular flexibility index (Phi) is 7.98. The van der Waals surface area contributed by atoms with E-state index in [1.54, 1.807) is 12.3 Å². The molecule has 0 bridgehead atoms. The standard InChI is InChI=1S/C27H30N6O.C2H6/c1-4-29-27-25(30-26(31(27)3)21-9-7-15-28-18-21)19(2)32-16-13-22(14-17-32)33-23-10-6-5-8-20(23)11-12-24(33)34;1-2/h5-12,15,18,22H,4,13-14,16-17H2,1-3H3;1-2H3/b25-19-,29-27?;. The maximum absolute atomic E-state index is 12.8. The number of pyridine rings is 2. The average Bonchev–Trinajstić information content (AvgIpc) is 3.26. The topological polar surface area (TPSA) is 66.1 Å². The van der Waals surface area contributed by atoms with Gasteiger partial charge in [-0.25, -0.2) is 4.99 Å². The van der Waals surface area contributed by atoms with E-state index in [9.17, 15) is 4.79 Å². The fourth-order valence-electron chi connectivity index (χ4n) is 5.01. The molecule has 3 aromatic rings. The summed E-state index contributed by atoms with van der Waals surface area (Å²) in [4.78, 5) is 31.2. The number of amidine groups is 2. The van der Waals surface area contributed by atoms with Crippen molar-refractivity contribution in [1.29, 1.82) is 0 Å². The molecule has 0 spiro atoms. The smallest absolute Gasteiger partial charge is 0.251 e. The van der Waals surface area contributed by atoms with Crippen molar-refractivity contribution in [3.63, 3.8) is 0 Å². The largest absolute Gasteiger partial charge is 0.373 e. The molecular weight excluding hydrogens is 448 g/mol. The summed E-state index contributed by atoms with van der Waals surface area (Å²) in [7, 11) is 2.01. The summed E-state index contributed by atoms with van der Waals surface area (Å²) < 4.78 is 1.99. The molecule has 0 N–H and O–H groups in total. The Bertz CT molecular complexity index is 1350. The maximum Gasteiger partial charge on any atom is 0.251 e. The Hall–Kier alpha value is -3.74. The van der Waals surface area contributed by atoms with Gasteiger partial charge in [-0.2, -0.15) is 0 Å². The molecule has 0 aliphatic carbocycles. The molecule has 5 rings (SSSR count). The number of benzene rings is 1. The quantitative estimate of drug-likeness (QED) is 0.517. The van der Waals surface area contributed by atoms with Crippen molar-refractivity contribution in [3.8, 4) is 0 Å². The van der Waals surface area contributed by atoms with E-state index in [2.05, 4.69) is 27.8 Å². The number of likely N-dealkylation sites (N-methyl/N-ethyl adjacent to an activating group) is 1. The SMILES string of the molecule is CC.CCN=C1/C(=C(\C)N2CCC(n3c(=O)ccc4ccccc43)CC2)N=C(c2cccnc2)N1C. The highest BCUT2D eigenvalue weighted by Crippen LogP contribution is 2.30. The van der Waals surface area contributed by atoms with Crippen LogP contribution in [-0.2, 0) is 0 Å². The lowest BCUT2D eigenvalue weighted by Crippen LogP contribution is -2.37. The predicted molar refractivity (Wildman–Crippen MR) is 149 cm³/mol. The molecule has 0 amide bonds. The first-order chi connectivity index (χ1) is 17.6. The van der Waals surface area contributed by atoms with Crippen molar-refractivity contribution < 1.29 is 0 Å². The second-order valence-corrected chi connectivity index (χ2v) is 8.79. The highest BCUT2D eigenvalue weighted by Gasteiger charge is 2.30. The molecule has 188 valence electrons. The number of piperidine rings is 1. The summed E-state index contributed by atoms with van der Waals surface area (Å²) in [6, 6.07) is 15.9. The van der Waals surface area contributed by atoms with Gasteiger partial charge in [0.1, 0.15) is 11.5 Å². The third-order valence-electron chi connectivity index (χ3n) is 6.78. The van der Waals surface area contributed by atoms with E-state index in [1.165, 1.54) is 0 Å². The molecular formula is C29H36N6O. The van der Waals surface area contributed by atoms with Gasteiger partial charge in [0.25, 0.3) is 5.56 Å². The monoisotopic (exact) mass is 484 g/mol. The summed E-state index contributed by atoms with van der Waals surface area (Å²) in [5, 5.41) is 1.11. The van der Waals surface area contributed by atoms with Gasteiger partial charge in [-0.05, 0) is 56.3 Å². The molecule has 1 fully saturated rings. The summed E-state index contributed by atoms with van der Waals surface area (Å²) in [5.74, 6) is 1.76. The number of aliphatic imine (C=N–C) groups is 2. The molecule has 7 heteroatoms. The van der Waals surface area contributed by atoms with Crippen LogP contribution in [0.25, 0.3) is 10.9 Å². The van der Waals surface area contributed by atoms with E-state index in [1.807, 2.05) is 75.0 Å². The predicted octanol–water partition coefficient (Wildman–Crippen LogP) is 5.10. The minimum absolute atomic E-state index is 0.0766. The summed E-state index contributed by atoms with van der Waals surface area (Å²) in [6.45, 7) is 10.6. The molecule has 4 heterocycles. The number of fused-ring (bicyclic) bond motifs is 1. The highest BCUT2D eigenvalue weighted by molar-refractivity contribution is 6.20. The second-order valence-electron chi connectivity index (χ2n) is 8.79. The van der Waals surface area contributed by atoms with Crippen LogP contribution >= 0.6 is 0 Å². The van der Waals surface area contributed by atoms with Crippen molar-refractivity contribution in [2.45, 2.75) is 46.6 Å². The van der Waals surface area contributed by atoms with Crippen LogP contribution in [0.1, 0.15) is 52.1 Å². The van der Waals surface area contributed by atoms with Crippen molar-refractivity contribution in [3.05, 3.63) is 88.2 Å². The van der Waals surface area contributed by atoms with E-state index in [0.717, 1.165) is 65.5 Å². The second kappa shape index (κ2) is 11.3. The number of likely N-dealkylation sites (tertiary alicyclic amines) is 1. The van der Waals surface area contributed by atoms with Gasteiger partial charge in [0, 0.05) is 62.4 Å². The molecule has 2 aliphatic heterocycles. The van der Waals surface area contributed by atoms with Crippen molar-refractivity contribution in [1.82, 2.24) is 19.4 Å². The molecule has 0 saturated carbocycles. The molecule has 0 unspecified atom stereocenters. The van der Waals surface area contributed by atoms with Crippen molar-refractivity contribution >= 4 is 22.6 Å². The van der Waals surface area contributed by atoms with Crippen LogP contribution in [-0.4, -0.2) is 57.7 Å². The van der Waals surface area contributed by atoms with Crippen molar-refractivity contribution in [2.24, 2.45) is 9.98 Å². The Labute approximate surface area is 213 Å². The van der Waals surface area contributed by atoms with Crippen LogP contribution in [0, 0.1) is 0 Å². The molecule has 7 nitrogen and oxygen atoms in total. The van der Waals surface area contributed by atoms with Crippen LogP contribution in [0.4, 0.5) is 0 Å². The van der Waals surface area contributed by atoms with Crippen LogP contribution in [0.5, 0.6) is 0 Å². The number of hydrogen-bond donors (Lipinski definition) is 0. The normalized spacial score (nSPS) is 18.8. The van der Waals surface area contributed by atoms with E-state index in [-0.39, 0.29) is 11.6 Å². The fraction of sp³-hybridized carbons (Fsp3) is 0.379. The zero-order valence-electron chi connectivity index (χ0n) is 22.0. The summed E-state index contributed by atoms with van der Waals surface area (Å²) in [6.07, 6.45) is 5.43. The van der Waals surface area contributed by atoms with Crippen LogP contribution < -0.4 is 5.56 Å². The maximum atomic E-state index is 12.8. The zero-order valence-corrected chi connectivity index (χ0v) is 22.0. The Morgan fingerprint density at radius 1 is 1.06 bits per heavy atom. The lowest BCUT2D eigenvalue weighted by Gasteiger charge is -2.35. The molecule has 0 atom stereocenters. The molecule has 0 radical (unpaired) electrons. The summed E-state index contributed by atoms with van der Waals surface area (Å²) in [5.41, 5.74) is 4.12. The number of rotatable bonds is 4. The zero-order chi connectivity index (χ0) is 25.7. The lowest BCUT2D eigenvalue weighted by atomic mass is 10.0. The van der Waals surface area contributed by atoms with E-state index in [4.69, 9.17) is 9.98 Å². The van der Waals surface area contributed by atoms with Gasteiger partial charge >= 0.3 is 0 Å². The first-order valence-electron chi connectivity index (χ1n) is 12.9. The van der Waals surface area contributed by atoms with E-state index in [0.29, 0.717) is 6.54 Å². The third-order valence-corrected chi connectivity index (χ3v) is 6.78. The first-order valence-corrected chi connectivity index (χ1v) is 12.9. The lowest BCUT2D eigenvalue weighted by molar-refractivity contribution is 0.228. The van der Waals surface area contributed by atoms with Gasteiger partial charge in [0.05, 0.1) is 5.52 Å². The van der Waals surface area contributed by atoms with Gasteiger partial charge < -0.3 is 14.4 Å². The first kappa shape index (κ1) is 25.4. The number of para-hydroxylation sites is 1. The van der Waals surface area contributed by atoms with E-state index < -0.39 is 0 Å². The third kappa shape index (κ3) is 4.83. The Morgan fingerprint density at radius 3 is 2.50 bits per heavy atom. The van der Waals surface area contributed by atoms with Gasteiger partial charge in [-0.3, -0.25) is 14.8 Å². The Balaban J connectivity index is 0.00000148. The summed E-state index contributed by atoms with van der Waals surface area (Å²) >= 11 is 0. The van der Waals surface area contributed by atoms with Gasteiger partial charge in [-0.1, -0.05) is 32.0 Å². The fourth-order valence-corrected chi connectivity index (χ4v) is 5.01. The van der Waals surface area contributed by atoms with Crippen LogP contribution in [0.2, 0.25) is 0 Å². The molecule has 1 saturated heterocycles. The van der Waals surface area contributed by atoms with Crippen LogP contribution in [0.15, 0.2) is 87.1 Å². The molecule has 2 aliphatic rings. The number of allylic oxidation sites excluding steroid dienone is 1. The van der Waals surface area contributed by atoms with Gasteiger partial charge in [0.15, 0.2) is 5.84 Å². The number of hydrogen-bond acceptors (Lipinski definition) is 5. The Morgan fingerprint density at radius 2 is 1.81 bits per heavy atom. The average molecular weight is 485 g/mol. The van der Waals surface area contributed by atoms with Gasteiger partial charge in [0.2, 0.25) is 0 Å². The molecule has 1 aromatic carbocycles. The minimum atomic E-state index is 0.0766. The minimum Gasteiger partial charge on any atom is -0.373 e. The molecule has 2 aromatic heterocycles. The van der Waals surface area contributed by atoms with Crippen molar-refractivity contribution in [2.75, 3.05) is 26.7 Å². The van der Waals surface area contributed by atoms with Crippen LogP contribution in [0.3, 0.4) is 0 Å². The van der Waals surface area contributed by atoms with E-state index >= 15 is 0 Å². The number of nitrogens with zero attached hydrogens (tertiary/aromatic N) is 6. The highest BCUT2D eigenvalue weighted by atomic mass is 16.1.